The summed E-state index contributed by atoms with van der Waals surface area (Å²) < 4.78 is 0. The SMILES string of the molecule is CC(C)[SiH](Cl)CCCCN(C)C. The van der Waals surface area contributed by atoms with E-state index in [0.717, 1.165) is 5.54 Å². The van der Waals surface area contributed by atoms with E-state index in [1.165, 1.54) is 25.4 Å². The topological polar surface area (TPSA) is 3.24 Å². The molecule has 0 rings (SSSR count). The number of halogens is 1. The number of nitrogens with zero attached hydrogens (tertiary/aromatic N) is 1. The van der Waals surface area contributed by atoms with Gasteiger partial charge in [-0.25, -0.2) is 0 Å². The number of hydrogen-bond acceptors (Lipinski definition) is 1. The lowest BCUT2D eigenvalue weighted by atomic mass is 10.3. The third kappa shape index (κ3) is 7.13. The van der Waals surface area contributed by atoms with Crippen molar-refractivity contribution in [3.05, 3.63) is 0 Å². The molecular weight excluding hydrogens is 186 g/mol. The molecule has 0 aliphatic heterocycles. The molecule has 1 atom stereocenters. The first kappa shape index (κ1) is 12.5. The zero-order valence-corrected chi connectivity index (χ0v) is 10.7. The van der Waals surface area contributed by atoms with E-state index in [1.807, 2.05) is 0 Å². The average Bonchev–Trinajstić information content (AvgIpc) is 1.97. The van der Waals surface area contributed by atoms with Gasteiger partial charge in [-0.15, -0.1) is 0 Å². The molecule has 3 heteroatoms. The van der Waals surface area contributed by atoms with Crippen molar-refractivity contribution in [2.24, 2.45) is 0 Å². The second-order valence-corrected chi connectivity index (χ2v) is 8.68. The van der Waals surface area contributed by atoms with E-state index in [0.29, 0.717) is 0 Å². The number of rotatable bonds is 6. The van der Waals surface area contributed by atoms with E-state index in [2.05, 4.69) is 32.8 Å². The van der Waals surface area contributed by atoms with E-state index in [4.69, 9.17) is 11.1 Å². The van der Waals surface area contributed by atoms with Crippen LogP contribution in [0.15, 0.2) is 0 Å². The average molecular weight is 208 g/mol. The lowest BCUT2D eigenvalue weighted by molar-refractivity contribution is 0.398. The van der Waals surface area contributed by atoms with E-state index in [1.54, 1.807) is 0 Å². The lowest BCUT2D eigenvalue weighted by Crippen LogP contribution is -2.14. The molecule has 0 heterocycles. The Morgan fingerprint density at radius 2 is 1.83 bits per heavy atom. The number of unbranched alkanes of at least 4 members (excludes halogenated alkanes) is 1. The van der Waals surface area contributed by atoms with Gasteiger partial charge in [0.05, 0.1) is 0 Å². The summed E-state index contributed by atoms with van der Waals surface area (Å²) in [7, 11) is 3.36. The Bertz CT molecular complexity index is 107. The molecule has 0 saturated carbocycles. The lowest BCUT2D eigenvalue weighted by Gasteiger charge is -2.12. The van der Waals surface area contributed by atoms with Crippen LogP contribution < -0.4 is 0 Å². The van der Waals surface area contributed by atoms with Crippen LogP contribution >= 0.6 is 11.1 Å². The summed E-state index contributed by atoms with van der Waals surface area (Å²) in [6.45, 7) is 5.70. The second kappa shape index (κ2) is 6.93. The van der Waals surface area contributed by atoms with Crippen molar-refractivity contribution in [3.8, 4) is 0 Å². The van der Waals surface area contributed by atoms with Crippen molar-refractivity contribution in [3.63, 3.8) is 0 Å². The van der Waals surface area contributed by atoms with Crippen LogP contribution in [0.1, 0.15) is 26.7 Å². The van der Waals surface area contributed by atoms with Gasteiger partial charge in [-0.3, -0.25) is 0 Å². The molecule has 0 radical (unpaired) electrons. The Labute approximate surface area is 83.4 Å². The predicted octanol–water partition coefficient (Wildman–Crippen LogP) is 2.70. The maximum atomic E-state index is 6.26. The summed E-state index contributed by atoms with van der Waals surface area (Å²) in [4.78, 5) is 2.24. The van der Waals surface area contributed by atoms with E-state index in [-0.39, 0.29) is 0 Å². The Hall–Kier alpha value is 0.467. The maximum Gasteiger partial charge on any atom is 0.143 e. The van der Waals surface area contributed by atoms with Gasteiger partial charge < -0.3 is 4.90 Å². The van der Waals surface area contributed by atoms with E-state index < -0.39 is 8.11 Å². The predicted molar refractivity (Wildman–Crippen MR) is 60.7 cm³/mol. The van der Waals surface area contributed by atoms with Gasteiger partial charge in [-0.05, 0) is 38.6 Å². The first-order valence-electron chi connectivity index (χ1n) is 4.83. The van der Waals surface area contributed by atoms with Crippen molar-refractivity contribution in [1.29, 1.82) is 0 Å². The summed E-state index contributed by atoms with van der Waals surface area (Å²) in [5, 5.41) is 0. The minimum absolute atomic E-state index is 0.756. The van der Waals surface area contributed by atoms with Crippen LogP contribution in [-0.2, 0) is 0 Å². The molecule has 0 amide bonds. The molecule has 1 nitrogen and oxygen atoms in total. The van der Waals surface area contributed by atoms with Crippen LogP contribution in [0.4, 0.5) is 0 Å². The Morgan fingerprint density at radius 1 is 1.25 bits per heavy atom. The van der Waals surface area contributed by atoms with Gasteiger partial charge in [-0.1, -0.05) is 20.3 Å². The molecule has 0 saturated heterocycles. The highest BCUT2D eigenvalue weighted by Gasteiger charge is 2.10. The van der Waals surface area contributed by atoms with Crippen molar-refractivity contribution in [2.45, 2.75) is 38.3 Å². The smallest absolute Gasteiger partial charge is 0.143 e. The zero-order valence-electron chi connectivity index (χ0n) is 8.81. The van der Waals surface area contributed by atoms with Gasteiger partial charge in [0, 0.05) is 0 Å². The highest BCUT2D eigenvalue weighted by Crippen LogP contribution is 2.17. The number of hydrogen-bond donors (Lipinski definition) is 0. The fourth-order valence-electron chi connectivity index (χ4n) is 1.10. The molecule has 0 aromatic heterocycles. The standard InChI is InChI=1S/C9H22ClNSi/c1-9(2)12(10)8-6-5-7-11(3)4/h9,12H,5-8H2,1-4H3. The van der Waals surface area contributed by atoms with Gasteiger partial charge in [0.25, 0.3) is 0 Å². The highest BCUT2D eigenvalue weighted by molar-refractivity contribution is 7.07. The molecule has 0 aliphatic carbocycles. The minimum atomic E-state index is -0.885. The highest BCUT2D eigenvalue weighted by atomic mass is 35.6. The maximum absolute atomic E-state index is 6.26. The molecule has 0 N–H and O–H groups in total. The summed E-state index contributed by atoms with van der Waals surface area (Å²) >= 11 is 6.26. The van der Waals surface area contributed by atoms with Gasteiger partial charge in [0.15, 0.2) is 0 Å². The summed E-state index contributed by atoms with van der Waals surface area (Å²) in [5.41, 5.74) is 0.756. The Kier molecular flexibility index (Phi) is 7.20. The second-order valence-electron chi connectivity index (χ2n) is 4.06. The van der Waals surface area contributed by atoms with Crippen LogP contribution in [0.5, 0.6) is 0 Å². The Morgan fingerprint density at radius 3 is 2.25 bits per heavy atom. The first-order valence-corrected chi connectivity index (χ1v) is 8.05. The molecule has 0 aliphatic rings. The van der Waals surface area contributed by atoms with Crippen LogP contribution in [0.3, 0.4) is 0 Å². The van der Waals surface area contributed by atoms with Crippen LogP contribution in [0, 0.1) is 0 Å². The van der Waals surface area contributed by atoms with Gasteiger partial charge in [0.2, 0.25) is 0 Å². The van der Waals surface area contributed by atoms with Crippen molar-refractivity contribution < 1.29 is 0 Å². The Balaban J connectivity index is 3.20. The summed E-state index contributed by atoms with van der Waals surface area (Å²) in [6, 6.07) is 1.30. The van der Waals surface area contributed by atoms with Crippen molar-refractivity contribution in [1.82, 2.24) is 4.90 Å². The third-order valence-electron chi connectivity index (χ3n) is 2.06. The zero-order chi connectivity index (χ0) is 9.56. The third-order valence-corrected chi connectivity index (χ3v) is 6.63. The van der Waals surface area contributed by atoms with Gasteiger partial charge >= 0.3 is 0 Å². The fraction of sp³-hybridized carbons (Fsp3) is 1.00. The van der Waals surface area contributed by atoms with E-state index in [9.17, 15) is 0 Å². The normalized spacial score (nSPS) is 14.2. The summed E-state index contributed by atoms with van der Waals surface area (Å²) in [6.07, 6.45) is 2.62. The largest absolute Gasteiger partial charge is 0.309 e. The van der Waals surface area contributed by atoms with Crippen LogP contribution in [0.25, 0.3) is 0 Å². The van der Waals surface area contributed by atoms with Crippen LogP contribution in [0.2, 0.25) is 11.6 Å². The molecule has 0 bridgehead atoms. The van der Waals surface area contributed by atoms with Gasteiger partial charge in [-0.2, -0.15) is 11.1 Å². The van der Waals surface area contributed by atoms with Crippen molar-refractivity contribution >= 4 is 19.2 Å². The molecule has 0 fully saturated rings. The molecule has 12 heavy (non-hydrogen) atoms. The molecule has 0 spiro atoms. The van der Waals surface area contributed by atoms with Gasteiger partial charge in [0.1, 0.15) is 8.11 Å². The minimum Gasteiger partial charge on any atom is -0.309 e. The molecule has 74 valence electrons. The van der Waals surface area contributed by atoms with Crippen LogP contribution in [-0.4, -0.2) is 33.6 Å². The van der Waals surface area contributed by atoms with Crippen molar-refractivity contribution in [2.75, 3.05) is 20.6 Å². The molecule has 0 aromatic rings. The van der Waals surface area contributed by atoms with E-state index >= 15 is 0 Å². The molecule has 0 aromatic carbocycles. The molecule has 1 unspecified atom stereocenters. The quantitative estimate of drug-likeness (QED) is 0.368. The first-order chi connectivity index (χ1) is 5.54. The fourth-order valence-corrected chi connectivity index (χ4v) is 2.91. The monoisotopic (exact) mass is 207 g/mol. The molecular formula is C9H22ClNSi. The summed E-state index contributed by atoms with van der Waals surface area (Å²) in [5.74, 6) is 0.